The smallest absolute Gasteiger partial charge is 0.271 e. The van der Waals surface area contributed by atoms with Gasteiger partial charge in [0.05, 0.1) is 22.9 Å². The topological polar surface area (TPSA) is 110 Å². The average molecular weight is 420 g/mol. The van der Waals surface area contributed by atoms with Crippen molar-refractivity contribution in [2.24, 2.45) is 0 Å². The predicted molar refractivity (Wildman–Crippen MR) is 112 cm³/mol. The summed E-state index contributed by atoms with van der Waals surface area (Å²) in [5.74, 6) is -0.507. The molecule has 29 heavy (non-hydrogen) atoms. The Balaban J connectivity index is 2.30. The molecule has 2 atom stereocenters. The van der Waals surface area contributed by atoms with Gasteiger partial charge in [0, 0.05) is 12.1 Å². The van der Waals surface area contributed by atoms with Gasteiger partial charge >= 0.3 is 0 Å². The number of nitro benzene ring substituents is 1. The lowest BCUT2D eigenvalue weighted by molar-refractivity contribution is -0.384. The summed E-state index contributed by atoms with van der Waals surface area (Å²) in [5, 5.41) is 13.9. The van der Waals surface area contributed by atoms with Gasteiger partial charge in [-0.2, -0.15) is 0 Å². The van der Waals surface area contributed by atoms with E-state index in [1.54, 1.807) is 0 Å². The minimum atomic E-state index is -3.87. The Labute approximate surface area is 170 Å². The minimum Gasteiger partial charge on any atom is -0.348 e. The number of anilines is 1. The Kier molecular flexibility index (Phi) is 6.63. The van der Waals surface area contributed by atoms with E-state index in [0.717, 1.165) is 33.3 Å². The van der Waals surface area contributed by atoms with Crippen molar-refractivity contribution in [1.82, 2.24) is 5.32 Å². The monoisotopic (exact) mass is 419 g/mol. The van der Waals surface area contributed by atoms with Gasteiger partial charge in [-0.05, 0) is 50.5 Å². The first-order chi connectivity index (χ1) is 13.4. The Morgan fingerprint density at radius 1 is 1.10 bits per heavy atom. The zero-order chi connectivity index (χ0) is 21.9. The third-order valence-electron chi connectivity index (χ3n) is 4.77. The highest BCUT2D eigenvalue weighted by atomic mass is 32.2. The van der Waals surface area contributed by atoms with E-state index in [1.807, 2.05) is 39.0 Å². The van der Waals surface area contributed by atoms with Crippen LogP contribution < -0.4 is 9.62 Å². The molecule has 0 saturated heterocycles. The molecular formula is C20H25N3O5S. The van der Waals surface area contributed by atoms with Crippen molar-refractivity contribution in [1.29, 1.82) is 0 Å². The molecule has 0 heterocycles. The number of rotatable bonds is 7. The van der Waals surface area contributed by atoms with E-state index in [2.05, 4.69) is 5.32 Å². The lowest BCUT2D eigenvalue weighted by Crippen LogP contribution is -2.48. The summed E-state index contributed by atoms with van der Waals surface area (Å²) in [6, 6.07) is 9.61. The summed E-state index contributed by atoms with van der Waals surface area (Å²) in [5.41, 5.74) is 2.92. The Morgan fingerprint density at radius 3 is 2.31 bits per heavy atom. The van der Waals surface area contributed by atoms with Crippen molar-refractivity contribution >= 4 is 27.3 Å². The first kappa shape index (κ1) is 22.4. The number of nitrogens with one attached hydrogen (secondary N) is 1. The standard InChI is InChI=1S/C20H25N3O5S/c1-13-9-10-17(11-14(13)2)15(3)21-20(24)16(4)22(29(5,27)28)18-7-6-8-19(12-18)23(25)26/h6-12,15-16H,1-5H3,(H,21,24). The van der Waals surface area contributed by atoms with Crippen LogP contribution >= 0.6 is 0 Å². The van der Waals surface area contributed by atoms with Gasteiger partial charge in [-0.1, -0.05) is 24.3 Å². The van der Waals surface area contributed by atoms with Crippen LogP contribution in [0.2, 0.25) is 0 Å². The van der Waals surface area contributed by atoms with E-state index in [0.29, 0.717) is 0 Å². The number of nitro groups is 1. The van der Waals surface area contributed by atoms with Crippen molar-refractivity contribution in [2.45, 2.75) is 39.8 Å². The number of carbonyl (C=O) groups is 1. The minimum absolute atomic E-state index is 0.0585. The zero-order valence-corrected chi connectivity index (χ0v) is 17.9. The predicted octanol–water partition coefficient (Wildman–Crippen LogP) is 3.24. The Bertz CT molecular complexity index is 1040. The molecular weight excluding hydrogens is 394 g/mol. The van der Waals surface area contributed by atoms with Gasteiger partial charge in [-0.25, -0.2) is 8.42 Å². The molecule has 2 unspecified atom stereocenters. The summed E-state index contributed by atoms with van der Waals surface area (Å²) in [6.45, 7) is 7.23. The van der Waals surface area contributed by atoms with Crippen LogP contribution in [0.15, 0.2) is 42.5 Å². The molecule has 0 radical (unpaired) electrons. The van der Waals surface area contributed by atoms with Crippen LogP contribution in [0.5, 0.6) is 0 Å². The van der Waals surface area contributed by atoms with Crippen LogP contribution in [0.25, 0.3) is 0 Å². The molecule has 0 aromatic heterocycles. The molecule has 0 aliphatic carbocycles. The second-order valence-electron chi connectivity index (χ2n) is 7.09. The molecule has 0 fully saturated rings. The fraction of sp³-hybridized carbons (Fsp3) is 0.350. The molecule has 156 valence electrons. The highest BCUT2D eigenvalue weighted by molar-refractivity contribution is 7.92. The zero-order valence-electron chi connectivity index (χ0n) is 17.0. The fourth-order valence-corrected chi connectivity index (χ4v) is 4.17. The maximum Gasteiger partial charge on any atom is 0.271 e. The van der Waals surface area contributed by atoms with Crippen molar-refractivity contribution in [3.63, 3.8) is 0 Å². The molecule has 1 amide bonds. The van der Waals surface area contributed by atoms with Gasteiger partial charge in [-0.3, -0.25) is 19.2 Å². The second-order valence-corrected chi connectivity index (χ2v) is 8.95. The third-order valence-corrected chi connectivity index (χ3v) is 6.01. The summed E-state index contributed by atoms with van der Waals surface area (Å²) in [7, 11) is -3.87. The normalized spacial score (nSPS) is 13.4. The largest absolute Gasteiger partial charge is 0.348 e. The van der Waals surface area contributed by atoms with Gasteiger partial charge in [-0.15, -0.1) is 0 Å². The van der Waals surface area contributed by atoms with Crippen LogP contribution in [-0.2, 0) is 14.8 Å². The molecule has 0 aliphatic rings. The van der Waals surface area contributed by atoms with Crippen molar-refractivity contribution in [2.75, 3.05) is 10.6 Å². The summed E-state index contributed by atoms with van der Waals surface area (Å²) < 4.78 is 25.6. The van der Waals surface area contributed by atoms with E-state index < -0.39 is 26.9 Å². The lowest BCUT2D eigenvalue weighted by Gasteiger charge is -2.29. The number of sulfonamides is 1. The number of aryl methyl sites for hydroxylation is 2. The highest BCUT2D eigenvalue weighted by Gasteiger charge is 2.30. The number of hydrogen-bond acceptors (Lipinski definition) is 5. The van der Waals surface area contributed by atoms with Gasteiger partial charge < -0.3 is 5.32 Å². The SMILES string of the molecule is Cc1ccc(C(C)NC(=O)C(C)N(c2cccc([N+](=O)[O-])c2)S(C)(=O)=O)cc1C. The summed E-state index contributed by atoms with van der Waals surface area (Å²) in [6.07, 6.45) is 0.961. The second kappa shape index (κ2) is 8.60. The molecule has 0 spiro atoms. The molecule has 2 aromatic rings. The maximum absolute atomic E-state index is 12.8. The molecule has 2 aromatic carbocycles. The van der Waals surface area contributed by atoms with Gasteiger partial charge in [0.1, 0.15) is 6.04 Å². The lowest BCUT2D eigenvalue weighted by atomic mass is 10.0. The van der Waals surface area contributed by atoms with Crippen molar-refractivity contribution in [3.8, 4) is 0 Å². The molecule has 0 bridgehead atoms. The number of nitrogens with zero attached hydrogens (tertiary/aromatic N) is 2. The first-order valence-electron chi connectivity index (χ1n) is 9.03. The van der Waals surface area contributed by atoms with E-state index in [-0.39, 0.29) is 17.4 Å². The van der Waals surface area contributed by atoms with Gasteiger partial charge in [0.25, 0.3) is 5.69 Å². The van der Waals surface area contributed by atoms with Crippen LogP contribution in [-0.4, -0.2) is 31.5 Å². The molecule has 1 N–H and O–H groups in total. The van der Waals surface area contributed by atoms with E-state index in [9.17, 15) is 23.3 Å². The van der Waals surface area contributed by atoms with Crippen LogP contribution in [0.4, 0.5) is 11.4 Å². The van der Waals surface area contributed by atoms with E-state index in [1.165, 1.54) is 25.1 Å². The number of hydrogen-bond donors (Lipinski definition) is 1. The van der Waals surface area contributed by atoms with Crippen LogP contribution in [0, 0.1) is 24.0 Å². The number of carbonyl (C=O) groups excluding carboxylic acids is 1. The van der Waals surface area contributed by atoms with E-state index >= 15 is 0 Å². The van der Waals surface area contributed by atoms with Gasteiger partial charge in [0.2, 0.25) is 15.9 Å². The maximum atomic E-state index is 12.8. The molecule has 8 nitrogen and oxygen atoms in total. The van der Waals surface area contributed by atoms with Crippen LogP contribution in [0.3, 0.4) is 0 Å². The van der Waals surface area contributed by atoms with Gasteiger partial charge in [0.15, 0.2) is 0 Å². The molecule has 2 rings (SSSR count). The quantitative estimate of drug-likeness (QED) is 0.547. The van der Waals surface area contributed by atoms with Crippen LogP contribution in [0.1, 0.15) is 36.6 Å². The van der Waals surface area contributed by atoms with E-state index in [4.69, 9.17) is 0 Å². The Hall–Kier alpha value is -2.94. The third kappa shape index (κ3) is 5.32. The number of amides is 1. The summed E-state index contributed by atoms with van der Waals surface area (Å²) >= 11 is 0. The fourth-order valence-electron chi connectivity index (χ4n) is 3.00. The average Bonchev–Trinajstić information content (AvgIpc) is 2.63. The van der Waals surface area contributed by atoms with Crippen molar-refractivity contribution < 1.29 is 18.1 Å². The highest BCUT2D eigenvalue weighted by Crippen LogP contribution is 2.26. The molecule has 9 heteroatoms. The number of benzene rings is 2. The van der Waals surface area contributed by atoms with Crippen molar-refractivity contribution in [3.05, 3.63) is 69.3 Å². The Morgan fingerprint density at radius 2 is 1.76 bits per heavy atom. The number of non-ortho nitro benzene ring substituents is 1. The molecule has 0 saturated carbocycles. The first-order valence-corrected chi connectivity index (χ1v) is 10.9. The molecule has 0 aliphatic heterocycles. The summed E-state index contributed by atoms with van der Waals surface area (Å²) in [4.78, 5) is 23.2.